The first kappa shape index (κ1) is 25.9. The fourth-order valence-corrected chi connectivity index (χ4v) is 3.26. The minimum atomic E-state index is -1.08. The molecule has 2 N–H and O–H groups in total. The maximum absolute atomic E-state index is 13.4. The molecule has 9 heteroatoms. The Morgan fingerprint density at radius 3 is 2.53 bits per heavy atom. The maximum atomic E-state index is 13.4. The molecular weight excluding hydrogens is 392 g/mol. The van der Waals surface area contributed by atoms with Crippen LogP contribution in [0.2, 0.25) is 0 Å². The van der Waals surface area contributed by atoms with E-state index in [1.54, 1.807) is 26.8 Å². The monoisotopic (exact) mass is 428 g/mol. The molecule has 1 saturated heterocycles. The van der Waals surface area contributed by atoms with Gasteiger partial charge in [0.2, 0.25) is 5.91 Å². The normalized spacial score (nSPS) is 20.9. The molecule has 0 bridgehead atoms. The highest BCUT2D eigenvalue weighted by molar-refractivity contribution is 5.90. The summed E-state index contributed by atoms with van der Waals surface area (Å²) >= 11 is 0. The summed E-state index contributed by atoms with van der Waals surface area (Å²) in [6.07, 6.45) is 1.53. The Bertz CT molecular complexity index is 603. The van der Waals surface area contributed by atoms with Crippen LogP contribution >= 0.6 is 0 Å². The van der Waals surface area contributed by atoms with E-state index in [1.165, 1.54) is 12.0 Å². The summed E-state index contributed by atoms with van der Waals surface area (Å²) in [7, 11) is 1.23. The topological polar surface area (TPSA) is 114 Å². The second kappa shape index (κ2) is 11.9. The Balaban J connectivity index is 3.06. The predicted octanol–water partition coefficient (Wildman–Crippen LogP) is 1.78. The van der Waals surface area contributed by atoms with E-state index in [9.17, 15) is 19.5 Å². The van der Waals surface area contributed by atoms with Gasteiger partial charge in [-0.3, -0.25) is 4.79 Å². The highest BCUT2D eigenvalue weighted by atomic mass is 16.6. The van der Waals surface area contributed by atoms with Crippen LogP contribution in [0.3, 0.4) is 0 Å². The maximum Gasteiger partial charge on any atom is 0.408 e. The van der Waals surface area contributed by atoms with Crippen LogP contribution in [0.25, 0.3) is 0 Å². The molecule has 9 nitrogen and oxygen atoms in total. The molecule has 172 valence electrons. The molecule has 0 aromatic heterocycles. The number of nitrogens with one attached hydrogen (secondary N) is 1. The third-order valence-electron chi connectivity index (χ3n) is 4.63. The lowest BCUT2D eigenvalue weighted by Crippen LogP contribution is -2.57. The molecule has 0 aromatic rings. The summed E-state index contributed by atoms with van der Waals surface area (Å²) in [5, 5.41) is 12.6. The number of aliphatic hydroxyl groups excluding tert-OH is 1. The Labute approximate surface area is 178 Å². The van der Waals surface area contributed by atoms with Crippen molar-refractivity contribution < 1.29 is 33.7 Å². The smallest absolute Gasteiger partial charge is 0.408 e. The number of β-amino-alcohol motifs (C(OH)–C–C–N with tert-alkyl or cyclic N) is 1. The number of hydrogen-bond donors (Lipinski definition) is 2. The number of nitrogens with zero attached hydrogens (tertiary/aromatic N) is 1. The van der Waals surface area contributed by atoms with Gasteiger partial charge >= 0.3 is 12.1 Å². The SMILES string of the molecule is C=CCCCO[C@@H](CC)[C@H](NC(=O)OC(C)(C)C)C(=O)N1C[C@H](O)C[C@H]1C(=O)OC. The molecule has 1 aliphatic heterocycles. The minimum absolute atomic E-state index is 0.0298. The molecule has 1 rings (SSSR count). The van der Waals surface area contributed by atoms with Crippen LogP contribution in [0, 0.1) is 0 Å². The van der Waals surface area contributed by atoms with Crippen molar-refractivity contribution in [3.05, 3.63) is 12.7 Å². The average Bonchev–Trinajstić information content (AvgIpc) is 3.06. The number of likely N-dealkylation sites (tertiary alicyclic amines) is 1. The van der Waals surface area contributed by atoms with E-state index in [0.717, 1.165) is 12.8 Å². The highest BCUT2D eigenvalue weighted by Gasteiger charge is 2.44. The number of esters is 1. The van der Waals surface area contributed by atoms with Crippen molar-refractivity contribution in [2.24, 2.45) is 0 Å². The van der Waals surface area contributed by atoms with Gasteiger partial charge < -0.3 is 29.5 Å². The number of alkyl carbamates (subject to hydrolysis) is 1. The van der Waals surface area contributed by atoms with Gasteiger partial charge in [0.1, 0.15) is 17.7 Å². The molecule has 1 aliphatic rings. The van der Waals surface area contributed by atoms with Gasteiger partial charge in [-0.15, -0.1) is 6.58 Å². The predicted molar refractivity (Wildman–Crippen MR) is 111 cm³/mol. The molecule has 2 amide bonds. The van der Waals surface area contributed by atoms with Gasteiger partial charge in [0.05, 0.1) is 19.3 Å². The fraction of sp³-hybridized carbons (Fsp3) is 0.762. The zero-order chi connectivity index (χ0) is 22.9. The zero-order valence-electron chi connectivity index (χ0n) is 18.7. The molecule has 0 aromatic carbocycles. The standard InChI is InChI=1S/C21H36N2O7/c1-7-9-10-11-29-16(8-2)17(22-20(27)30-21(3,4)5)18(25)23-13-14(24)12-15(23)19(26)28-6/h7,14-17,24H,1,8-13H2,2-6H3,(H,22,27)/t14-,15+,16+,17+/m1/s1. The number of aliphatic hydroxyl groups is 1. The van der Waals surface area contributed by atoms with Crippen LogP contribution in [-0.2, 0) is 23.8 Å². The van der Waals surface area contributed by atoms with Gasteiger partial charge in [-0.05, 0) is 40.0 Å². The van der Waals surface area contributed by atoms with Crippen LogP contribution in [0.1, 0.15) is 53.4 Å². The molecule has 4 atom stereocenters. The van der Waals surface area contributed by atoms with Crippen LogP contribution in [0.15, 0.2) is 12.7 Å². The number of ether oxygens (including phenoxy) is 3. The van der Waals surface area contributed by atoms with Gasteiger partial charge in [0.15, 0.2) is 0 Å². The number of carbonyl (C=O) groups is 3. The van der Waals surface area contributed by atoms with Gasteiger partial charge in [-0.1, -0.05) is 13.0 Å². The van der Waals surface area contributed by atoms with Crippen molar-refractivity contribution in [3.63, 3.8) is 0 Å². The Hall–Kier alpha value is -2.13. The van der Waals surface area contributed by atoms with Crippen LogP contribution in [0.5, 0.6) is 0 Å². The molecule has 0 saturated carbocycles. The summed E-state index contributed by atoms with van der Waals surface area (Å²) in [5.74, 6) is -1.14. The largest absolute Gasteiger partial charge is 0.467 e. The highest BCUT2D eigenvalue weighted by Crippen LogP contribution is 2.22. The number of carbonyl (C=O) groups excluding carboxylic acids is 3. The quantitative estimate of drug-likeness (QED) is 0.310. The molecule has 0 unspecified atom stereocenters. The molecule has 0 aliphatic carbocycles. The van der Waals surface area contributed by atoms with Crippen molar-refractivity contribution in [1.82, 2.24) is 10.2 Å². The van der Waals surface area contributed by atoms with E-state index < -0.39 is 47.9 Å². The molecule has 1 heterocycles. The van der Waals surface area contributed by atoms with E-state index in [2.05, 4.69) is 11.9 Å². The second-order valence-corrected chi connectivity index (χ2v) is 8.29. The summed E-state index contributed by atoms with van der Waals surface area (Å²) in [4.78, 5) is 39.1. The number of rotatable bonds is 10. The van der Waals surface area contributed by atoms with E-state index >= 15 is 0 Å². The van der Waals surface area contributed by atoms with Crippen molar-refractivity contribution in [3.8, 4) is 0 Å². The Morgan fingerprint density at radius 2 is 2.00 bits per heavy atom. The van der Waals surface area contributed by atoms with Crippen molar-refractivity contribution in [1.29, 1.82) is 0 Å². The average molecular weight is 429 g/mol. The summed E-state index contributed by atoms with van der Waals surface area (Å²) in [6, 6.07) is -2.00. The summed E-state index contributed by atoms with van der Waals surface area (Å²) < 4.78 is 15.9. The van der Waals surface area contributed by atoms with Crippen LogP contribution < -0.4 is 5.32 Å². The van der Waals surface area contributed by atoms with E-state index in [0.29, 0.717) is 13.0 Å². The molecule has 1 fully saturated rings. The summed E-state index contributed by atoms with van der Waals surface area (Å²) in [5.41, 5.74) is -0.747. The van der Waals surface area contributed by atoms with Gasteiger partial charge in [-0.25, -0.2) is 9.59 Å². The number of allylic oxidation sites excluding steroid dienone is 1. The number of methoxy groups -OCH3 is 1. The summed E-state index contributed by atoms with van der Waals surface area (Å²) in [6.45, 7) is 11.0. The van der Waals surface area contributed by atoms with Crippen molar-refractivity contribution in [2.45, 2.75) is 83.3 Å². The third kappa shape index (κ3) is 7.95. The van der Waals surface area contributed by atoms with Gasteiger partial charge in [0, 0.05) is 19.6 Å². The lowest BCUT2D eigenvalue weighted by atomic mass is 10.1. The number of amides is 2. The Morgan fingerprint density at radius 1 is 1.33 bits per heavy atom. The van der Waals surface area contributed by atoms with E-state index in [-0.39, 0.29) is 13.0 Å². The van der Waals surface area contributed by atoms with E-state index in [1.807, 2.05) is 6.92 Å². The van der Waals surface area contributed by atoms with E-state index in [4.69, 9.17) is 14.2 Å². The minimum Gasteiger partial charge on any atom is -0.467 e. The van der Waals surface area contributed by atoms with Gasteiger partial charge in [-0.2, -0.15) is 0 Å². The first-order valence-corrected chi connectivity index (χ1v) is 10.3. The number of hydrogen-bond acceptors (Lipinski definition) is 7. The Kier molecular flexibility index (Phi) is 10.3. The third-order valence-corrected chi connectivity index (χ3v) is 4.63. The lowest BCUT2D eigenvalue weighted by Gasteiger charge is -2.32. The van der Waals surface area contributed by atoms with Crippen molar-refractivity contribution >= 4 is 18.0 Å². The van der Waals surface area contributed by atoms with Crippen molar-refractivity contribution in [2.75, 3.05) is 20.3 Å². The molecular formula is C21H36N2O7. The molecule has 0 spiro atoms. The fourth-order valence-electron chi connectivity index (χ4n) is 3.26. The molecule has 0 radical (unpaired) electrons. The lowest BCUT2D eigenvalue weighted by molar-refractivity contribution is -0.153. The zero-order valence-corrected chi connectivity index (χ0v) is 18.7. The first-order valence-electron chi connectivity index (χ1n) is 10.3. The number of unbranched alkanes of at least 4 members (excludes halogenated alkanes) is 1. The van der Waals surface area contributed by atoms with Gasteiger partial charge in [0.25, 0.3) is 0 Å². The first-order chi connectivity index (χ1) is 14.0. The van der Waals surface area contributed by atoms with Crippen LogP contribution in [0.4, 0.5) is 4.79 Å². The second-order valence-electron chi connectivity index (χ2n) is 8.29. The van der Waals surface area contributed by atoms with Crippen LogP contribution in [-0.4, -0.2) is 78.1 Å². The molecule has 30 heavy (non-hydrogen) atoms.